The molecule has 4 nitrogen and oxygen atoms in total. The number of carbonyl (C=O) groups excluding carboxylic acids is 1. The zero-order valence-electron chi connectivity index (χ0n) is 13.3. The lowest BCUT2D eigenvalue weighted by Gasteiger charge is -2.09. The van der Waals surface area contributed by atoms with Gasteiger partial charge in [-0.3, -0.25) is 0 Å². The van der Waals surface area contributed by atoms with Gasteiger partial charge in [-0.25, -0.2) is 4.79 Å². The van der Waals surface area contributed by atoms with Gasteiger partial charge in [0.15, 0.2) is 6.61 Å². The van der Waals surface area contributed by atoms with Crippen LogP contribution in [0.1, 0.15) is 36.5 Å². The van der Waals surface area contributed by atoms with Gasteiger partial charge in [0.1, 0.15) is 12.4 Å². The number of nitriles is 1. The first kappa shape index (κ1) is 16.6. The average Bonchev–Trinajstić information content (AvgIpc) is 2.59. The molecule has 0 aromatic heterocycles. The van der Waals surface area contributed by atoms with Crippen LogP contribution in [0.3, 0.4) is 0 Å². The fourth-order valence-electron chi connectivity index (χ4n) is 1.97. The molecule has 0 aliphatic rings. The highest BCUT2D eigenvalue weighted by Gasteiger charge is 2.06. The van der Waals surface area contributed by atoms with Crippen molar-refractivity contribution in [2.45, 2.75) is 26.4 Å². The van der Waals surface area contributed by atoms with Gasteiger partial charge >= 0.3 is 5.97 Å². The van der Waals surface area contributed by atoms with Crippen molar-refractivity contribution in [3.05, 3.63) is 65.2 Å². The van der Waals surface area contributed by atoms with Crippen molar-refractivity contribution in [1.82, 2.24) is 0 Å². The predicted octanol–water partition coefficient (Wildman–Crippen LogP) is 3.80. The van der Waals surface area contributed by atoms with E-state index in [2.05, 4.69) is 13.8 Å². The monoisotopic (exact) mass is 309 g/mol. The molecule has 0 heterocycles. The standard InChI is InChI=1S/C19H19NO3/c1-14(2)17-7-9-18(10-8-17)22-13-19(21)23-12-16-5-3-15(11-20)4-6-16/h3-10,14H,12-13H2,1-2H3. The second-order valence-electron chi connectivity index (χ2n) is 5.48. The molecule has 0 amide bonds. The molecule has 0 unspecified atom stereocenters. The fraction of sp³-hybridized carbons (Fsp3) is 0.263. The van der Waals surface area contributed by atoms with Crippen molar-refractivity contribution >= 4 is 5.97 Å². The maximum absolute atomic E-state index is 11.7. The molecular formula is C19H19NO3. The first-order valence-corrected chi connectivity index (χ1v) is 7.46. The summed E-state index contributed by atoms with van der Waals surface area (Å²) in [6.07, 6.45) is 0. The van der Waals surface area contributed by atoms with Crippen LogP contribution in [0.4, 0.5) is 0 Å². The largest absolute Gasteiger partial charge is 0.482 e. The third-order valence-corrected chi connectivity index (χ3v) is 3.39. The molecular weight excluding hydrogens is 290 g/mol. The highest BCUT2D eigenvalue weighted by atomic mass is 16.6. The van der Waals surface area contributed by atoms with E-state index in [1.807, 2.05) is 30.3 Å². The molecule has 0 fully saturated rings. The molecule has 0 N–H and O–H groups in total. The molecule has 2 aromatic rings. The van der Waals surface area contributed by atoms with Gasteiger partial charge < -0.3 is 9.47 Å². The summed E-state index contributed by atoms with van der Waals surface area (Å²) in [6, 6.07) is 16.6. The summed E-state index contributed by atoms with van der Waals surface area (Å²) in [7, 11) is 0. The summed E-state index contributed by atoms with van der Waals surface area (Å²) in [6.45, 7) is 4.28. The SMILES string of the molecule is CC(C)c1ccc(OCC(=O)OCc2ccc(C#N)cc2)cc1. The predicted molar refractivity (Wildman–Crippen MR) is 87.0 cm³/mol. The number of esters is 1. The number of hydrogen-bond acceptors (Lipinski definition) is 4. The maximum Gasteiger partial charge on any atom is 0.344 e. The van der Waals surface area contributed by atoms with E-state index in [4.69, 9.17) is 14.7 Å². The zero-order valence-corrected chi connectivity index (χ0v) is 13.3. The molecule has 4 heteroatoms. The topological polar surface area (TPSA) is 59.3 Å². The van der Waals surface area contributed by atoms with E-state index < -0.39 is 5.97 Å². The summed E-state index contributed by atoms with van der Waals surface area (Å²) >= 11 is 0. The van der Waals surface area contributed by atoms with Crippen LogP contribution in [0.15, 0.2) is 48.5 Å². The van der Waals surface area contributed by atoms with E-state index in [1.165, 1.54) is 5.56 Å². The summed E-state index contributed by atoms with van der Waals surface area (Å²) in [4.78, 5) is 11.7. The van der Waals surface area contributed by atoms with Crippen LogP contribution >= 0.6 is 0 Å². The van der Waals surface area contributed by atoms with E-state index >= 15 is 0 Å². The number of nitrogens with zero attached hydrogens (tertiary/aromatic N) is 1. The Kier molecular flexibility index (Phi) is 5.76. The lowest BCUT2D eigenvalue weighted by Crippen LogP contribution is -2.14. The summed E-state index contributed by atoms with van der Waals surface area (Å²) in [5.74, 6) is 0.674. The number of ether oxygens (including phenoxy) is 2. The van der Waals surface area contributed by atoms with E-state index in [1.54, 1.807) is 24.3 Å². The molecule has 2 aromatic carbocycles. The normalized spacial score (nSPS) is 10.2. The Morgan fingerprint density at radius 2 is 1.74 bits per heavy atom. The Hall–Kier alpha value is -2.80. The Labute approximate surface area is 136 Å². The molecule has 118 valence electrons. The summed E-state index contributed by atoms with van der Waals surface area (Å²) < 4.78 is 10.5. The van der Waals surface area contributed by atoms with Crippen LogP contribution in [-0.2, 0) is 16.1 Å². The van der Waals surface area contributed by atoms with Crippen LogP contribution < -0.4 is 4.74 Å². The second-order valence-corrected chi connectivity index (χ2v) is 5.48. The molecule has 0 saturated heterocycles. The van der Waals surface area contributed by atoms with Crippen LogP contribution in [0.5, 0.6) is 5.75 Å². The lowest BCUT2D eigenvalue weighted by atomic mass is 10.0. The Morgan fingerprint density at radius 1 is 1.09 bits per heavy atom. The lowest BCUT2D eigenvalue weighted by molar-refractivity contribution is -0.147. The second kappa shape index (κ2) is 8.00. The van der Waals surface area contributed by atoms with Gasteiger partial charge in [-0.15, -0.1) is 0 Å². The minimum absolute atomic E-state index is 0.128. The van der Waals surface area contributed by atoms with Crippen molar-refractivity contribution in [3.8, 4) is 11.8 Å². The first-order chi connectivity index (χ1) is 11.1. The molecule has 0 bridgehead atoms. The Bertz CT molecular complexity index is 682. The van der Waals surface area contributed by atoms with E-state index in [9.17, 15) is 4.79 Å². The van der Waals surface area contributed by atoms with Gasteiger partial charge in [0.2, 0.25) is 0 Å². The third-order valence-electron chi connectivity index (χ3n) is 3.39. The average molecular weight is 309 g/mol. The van der Waals surface area contributed by atoms with Crippen molar-refractivity contribution in [1.29, 1.82) is 5.26 Å². The molecule has 0 aliphatic heterocycles. The number of benzene rings is 2. The van der Waals surface area contributed by atoms with E-state index in [0.29, 0.717) is 17.2 Å². The molecule has 2 rings (SSSR count). The van der Waals surface area contributed by atoms with E-state index in [0.717, 1.165) is 5.56 Å². The van der Waals surface area contributed by atoms with Crippen LogP contribution in [0, 0.1) is 11.3 Å². The summed E-state index contributed by atoms with van der Waals surface area (Å²) in [5.41, 5.74) is 2.63. The third kappa shape index (κ3) is 5.15. The zero-order chi connectivity index (χ0) is 16.7. The molecule has 0 aliphatic carbocycles. The van der Waals surface area contributed by atoms with Crippen LogP contribution in [-0.4, -0.2) is 12.6 Å². The molecule has 0 spiro atoms. The number of rotatable bonds is 6. The van der Waals surface area contributed by atoms with Crippen molar-refractivity contribution in [2.24, 2.45) is 0 Å². The highest BCUT2D eigenvalue weighted by Crippen LogP contribution is 2.18. The van der Waals surface area contributed by atoms with Crippen molar-refractivity contribution in [3.63, 3.8) is 0 Å². The highest BCUT2D eigenvalue weighted by molar-refractivity contribution is 5.71. The molecule has 0 saturated carbocycles. The van der Waals surface area contributed by atoms with Gasteiger partial charge in [-0.1, -0.05) is 38.1 Å². The van der Waals surface area contributed by atoms with Crippen molar-refractivity contribution < 1.29 is 14.3 Å². The van der Waals surface area contributed by atoms with E-state index in [-0.39, 0.29) is 13.2 Å². The number of hydrogen-bond donors (Lipinski definition) is 0. The smallest absolute Gasteiger partial charge is 0.344 e. The van der Waals surface area contributed by atoms with Crippen LogP contribution in [0.25, 0.3) is 0 Å². The Balaban J connectivity index is 1.77. The molecule has 0 radical (unpaired) electrons. The van der Waals surface area contributed by atoms with Gasteiger partial charge in [0.05, 0.1) is 11.6 Å². The van der Waals surface area contributed by atoms with Gasteiger partial charge in [-0.2, -0.15) is 5.26 Å². The number of carbonyl (C=O) groups is 1. The first-order valence-electron chi connectivity index (χ1n) is 7.46. The maximum atomic E-state index is 11.7. The fourth-order valence-corrected chi connectivity index (χ4v) is 1.97. The summed E-state index contributed by atoms with van der Waals surface area (Å²) in [5, 5.41) is 8.72. The molecule has 0 atom stereocenters. The van der Waals surface area contributed by atoms with Gasteiger partial charge in [0, 0.05) is 0 Å². The minimum atomic E-state index is -0.428. The Morgan fingerprint density at radius 3 is 2.30 bits per heavy atom. The van der Waals surface area contributed by atoms with Crippen LogP contribution in [0.2, 0.25) is 0 Å². The quantitative estimate of drug-likeness (QED) is 0.761. The van der Waals surface area contributed by atoms with Gasteiger partial charge in [-0.05, 0) is 41.3 Å². The van der Waals surface area contributed by atoms with Crippen molar-refractivity contribution in [2.75, 3.05) is 6.61 Å². The minimum Gasteiger partial charge on any atom is -0.482 e. The van der Waals surface area contributed by atoms with Gasteiger partial charge in [0.25, 0.3) is 0 Å². The molecule has 23 heavy (non-hydrogen) atoms.